The Bertz CT molecular complexity index is 778. The number of nitrogens with one attached hydrogen (secondary N) is 1. The molecule has 0 radical (unpaired) electrons. The van der Waals surface area contributed by atoms with Crippen LogP contribution in [0.2, 0.25) is 0 Å². The Labute approximate surface area is 188 Å². The van der Waals surface area contributed by atoms with Gasteiger partial charge < -0.3 is 15.5 Å². The molecule has 1 amide bonds. The lowest BCUT2D eigenvalue weighted by Crippen LogP contribution is -2.44. The van der Waals surface area contributed by atoms with Crippen LogP contribution in [0.5, 0.6) is 0 Å². The van der Waals surface area contributed by atoms with Crippen LogP contribution in [0.15, 0.2) is 17.5 Å². The van der Waals surface area contributed by atoms with Crippen molar-refractivity contribution in [2.75, 3.05) is 27.2 Å². The number of aliphatic carboxylic acids is 2. The fourth-order valence-corrected chi connectivity index (χ4v) is 4.28. The van der Waals surface area contributed by atoms with E-state index in [2.05, 4.69) is 39.7 Å². The third-order valence-electron chi connectivity index (χ3n) is 5.02. The Balaban J connectivity index is 0.000000324. The molecule has 188 valence electrons. The summed E-state index contributed by atoms with van der Waals surface area (Å²) in [5.41, 5.74) is 0. The topological polar surface area (TPSA) is 110 Å². The van der Waals surface area contributed by atoms with Crippen LogP contribution in [0.4, 0.5) is 26.3 Å². The number of nitrogens with zero attached hydrogens (tertiary/aromatic N) is 2. The lowest BCUT2D eigenvalue weighted by molar-refractivity contribution is -0.193. The first kappa shape index (κ1) is 28.6. The van der Waals surface area contributed by atoms with Gasteiger partial charge in [0.15, 0.2) is 0 Å². The van der Waals surface area contributed by atoms with Crippen LogP contribution in [-0.2, 0) is 20.9 Å². The summed E-state index contributed by atoms with van der Waals surface area (Å²) in [5, 5.41) is 19.2. The van der Waals surface area contributed by atoms with Crippen molar-refractivity contribution >= 4 is 29.2 Å². The molecule has 8 nitrogen and oxygen atoms in total. The second-order valence-electron chi connectivity index (χ2n) is 7.24. The molecule has 2 fully saturated rings. The molecule has 2 aliphatic heterocycles. The summed E-state index contributed by atoms with van der Waals surface area (Å²) in [6, 6.07) is 4.94. The molecule has 0 aliphatic carbocycles. The number of likely N-dealkylation sites (N-methyl/N-ethyl adjacent to an activating group) is 2. The molecule has 2 aliphatic rings. The van der Waals surface area contributed by atoms with E-state index in [1.54, 1.807) is 7.05 Å². The zero-order valence-corrected chi connectivity index (χ0v) is 18.3. The SMILES string of the molecule is CNC(=O)[C@@H]1C[C@H]2CN(Cc3cccs3)C[C@H]2N1C.O=C(O)C(F)(F)F.O=C(O)C(F)(F)F. The zero-order valence-electron chi connectivity index (χ0n) is 17.5. The standard InChI is InChI=1S/C14H21N3OS.2C2HF3O2/c1-15-14(18)12-6-10-7-17(9-13(10)16(12)2)8-11-4-3-5-19-11;2*3-2(4,5)1(6)7/h3-5,10,12-13H,6-9H2,1-2H3,(H,15,18);2*(H,6,7)/t10-,12-,13+;;/m0../s1. The molecule has 3 rings (SSSR count). The van der Waals surface area contributed by atoms with Gasteiger partial charge in [-0.2, -0.15) is 26.3 Å². The van der Waals surface area contributed by atoms with Crippen molar-refractivity contribution in [1.82, 2.24) is 15.1 Å². The number of fused-ring (bicyclic) bond motifs is 1. The predicted octanol–water partition coefficient (Wildman–Crippen LogP) is 2.27. The molecule has 1 aromatic heterocycles. The lowest BCUT2D eigenvalue weighted by atomic mass is 10.0. The highest BCUT2D eigenvalue weighted by atomic mass is 32.1. The molecule has 15 heteroatoms. The van der Waals surface area contributed by atoms with Crippen molar-refractivity contribution in [1.29, 1.82) is 0 Å². The van der Waals surface area contributed by atoms with Gasteiger partial charge in [-0.05, 0) is 30.8 Å². The van der Waals surface area contributed by atoms with E-state index in [4.69, 9.17) is 19.8 Å². The smallest absolute Gasteiger partial charge is 0.475 e. The minimum Gasteiger partial charge on any atom is -0.475 e. The highest BCUT2D eigenvalue weighted by Gasteiger charge is 2.46. The van der Waals surface area contributed by atoms with Crippen molar-refractivity contribution < 1.29 is 50.9 Å². The summed E-state index contributed by atoms with van der Waals surface area (Å²) in [6.45, 7) is 3.27. The zero-order chi connectivity index (χ0) is 25.6. The molecule has 0 unspecified atom stereocenters. The van der Waals surface area contributed by atoms with Gasteiger partial charge in [0.05, 0.1) is 6.04 Å². The number of amides is 1. The maximum Gasteiger partial charge on any atom is 0.490 e. The third-order valence-corrected chi connectivity index (χ3v) is 5.88. The number of hydrogen-bond acceptors (Lipinski definition) is 6. The van der Waals surface area contributed by atoms with Gasteiger partial charge in [-0.1, -0.05) is 6.07 Å². The predicted molar refractivity (Wildman–Crippen MR) is 104 cm³/mol. The molecule has 0 bridgehead atoms. The minimum atomic E-state index is -5.08. The second-order valence-corrected chi connectivity index (χ2v) is 8.27. The number of hydrogen-bond donors (Lipinski definition) is 3. The van der Waals surface area contributed by atoms with E-state index in [1.807, 2.05) is 11.3 Å². The number of carboxylic acid groups (broad SMARTS) is 2. The molecule has 3 atom stereocenters. The molecule has 2 saturated heterocycles. The Morgan fingerprint density at radius 2 is 1.61 bits per heavy atom. The van der Waals surface area contributed by atoms with E-state index in [1.165, 1.54) is 4.88 Å². The number of carboxylic acids is 2. The van der Waals surface area contributed by atoms with Crippen molar-refractivity contribution in [3.05, 3.63) is 22.4 Å². The number of carbonyl (C=O) groups is 3. The van der Waals surface area contributed by atoms with Crippen LogP contribution >= 0.6 is 11.3 Å². The summed E-state index contributed by atoms with van der Waals surface area (Å²) in [4.78, 5) is 35.9. The average Bonchev–Trinajstić information content (AvgIpc) is 3.40. The van der Waals surface area contributed by atoms with Gasteiger partial charge >= 0.3 is 24.3 Å². The highest BCUT2D eigenvalue weighted by molar-refractivity contribution is 7.09. The maximum atomic E-state index is 11.8. The van der Waals surface area contributed by atoms with Crippen LogP contribution in [-0.4, -0.2) is 89.5 Å². The van der Waals surface area contributed by atoms with E-state index >= 15 is 0 Å². The van der Waals surface area contributed by atoms with Gasteiger partial charge in [0.2, 0.25) is 5.91 Å². The quantitative estimate of drug-likeness (QED) is 0.539. The van der Waals surface area contributed by atoms with Crippen LogP contribution in [0.1, 0.15) is 11.3 Å². The van der Waals surface area contributed by atoms with Gasteiger partial charge in [-0.15, -0.1) is 11.3 Å². The number of thiophene rings is 1. The number of likely N-dealkylation sites (tertiary alicyclic amines) is 2. The first-order valence-electron chi connectivity index (χ1n) is 9.36. The fourth-order valence-electron chi connectivity index (χ4n) is 3.53. The normalized spacial score (nSPS) is 23.0. The summed E-state index contributed by atoms with van der Waals surface area (Å²) in [7, 11) is 3.83. The molecule has 0 spiro atoms. The Hall–Kier alpha value is -2.39. The number of halogens is 6. The summed E-state index contributed by atoms with van der Waals surface area (Å²) in [5.74, 6) is -4.70. The van der Waals surface area contributed by atoms with E-state index in [9.17, 15) is 31.1 Å². The van der Waals surface area contributed by atoms with Crippen LogP contribution in [0, 0.1) is 5.92 Å². The van der Waals surface area contributed by atoms with E-state index in [0.29, 0.717) is 12.0 Å². The molecule has 33 heavy (non-hydrogen) atoms. The molecule has 3 heterocycles. The monoisotopic (exact) mass is 507 g/mol. The van der Waals surface area contributed by atoms with Crippen molar-refractivity contribution in [2.24, 2.45) is 5.92 Å². The summed E-state index contributed by atoms with van der Waals surface area (Å²) in [6.07, 6.45) is -9.16. The molecule has 0 aromatic carbocycles. The van der Waals surface area contributed by atoms with E-state index < -0.39 is 24.3 Å². The second kappa shape index (κ2) is 11.7. The maximum absolute atomic E-state index is 11.8. The lowest BCUT2D eigenvalue weighted by Gasteiger charge is -2.25. The van der Waals surface area contributed by atoms with Crippen molar-refractivity contribution in [3.63, 3.8) is 0 Å². The number of alkyl halides is 6. The van der Waals surface area contributed by atoms with Crippen molar-refractivity contribution in [3.8, 4) is 0 Å². The Morgan fingerprint density at radius 3 is 1.97 bits per heavy atom. The number of carbonyl (C=O) groups excluding carboxylic acids is 1. The molecule has 0 saturated carbocycles. The average molecular weight is 507 g/mol. The minimum absolute atomic E-state index is 0.0730. The van der Waals surface area contributed by atoms with Crippen molar-refractivity contribution in [2.45, 2.75) is 37.4 Å². The van der Waals surface area contributed by atoms with Gasteiger partial charge in [-0.25, -0.2) is 9.59 Å². The van der Waals surface area contributed by atoms with Gasteiger partial charge in [-0.3, -0.25) is 14.6 Å². The Kier molecular flexibility index (Phi) is 10.1. The highest BCUT2D eigenvalue weighted by Crippen LogP contribution is 2.35. The first-order valence-corrected chi connectivity index (χ1v) is 10.2. The molecular formula is C18H23F6N3O5S. The fraction of sp³-hybridized carbons (Fsp3) is 0.611. The van der Waals surface area contributed by atoms with Crippen LogP contribution in [0.25, 0.3) is 0 Å². The first-order chi connectivity index (χ1) is 15.1. The van der Waals surface area contributed by atoms with Gasteiger partial charge in [0.25, 0.3) is 0 Å². The molecular weight excluding hydrogens is 484 g/mol. The van der Waals surface area contributed by atoms with Crippen LogP contribution in [0.3, 0.4) is 0 Å². The molecule has 3 N–H and O–H groups in total. The van der Waals surface area contributed by atoms with E-state index in [-0.39, 0.29) is 11.9 Å². The molecule has 1 aromatic rings. The van der Waals surface area contributed by atoms with Crippen LogP contribution < -0.4 is 5.32 Å². The van der Waals surface area contributed by atoms with Gasteiger partial charge in [0.1, 0.15) is 0 Å². The number of rotatable bonds is 3. The summed E-state index contributed by atoms with van der Waals surface area (Å²) >= 11 is 1.83. The largest absolute Gasteiger partial charge is 0.490 e. The van der Waals surface area contributed by atoms with E-state index in [0.717, 1.165) is 26.1 Å². The third kappa shape index (κ3) is 8.81. The van der Waals surface area contributed by atoms with Gasteiger partial charge in [0, 0.05) is 37.6 Å². The Morgan fingerprint density at radius 1 is 1.09 bits per heavy atom. The summed E-state index contributed by atoms with van der Waals surface area (Å²) < 4.78 is 63.5.